The summed E-state index contributed by atoms with van der Waals surface area (Å²) in [6, 6.07) is 9.33. The van der Waals surface area contributed by atoms with Crippen molar-refractivity contribution in [3.8, 4) is 0 Å². The van der Waals surface area contributed by atoms with Gasteiger partial charge in [0.25, 0.3) is 0 Å². The van der Waals surface area contributed by atoms with E-state index in [1.165, 1.54) is 6.08 Å². The highest BCUT2D eigenvalue weighted by atomic mass is 32.1. The Morgan fingerprint density at radius 3 is 2.24 bits per heavy atom. The fourth-order valence-electron chi connectivity index (χ4n) is 1.68. The van der Waals surface area contributed by atoms with Crippen LogP contribution in [0.5, 0.6) is 0 Å². The van der Waals surface area contributed by atoms with E-state index in [1.807, 2.05) is 30.3 Å². The summed E-state index contributed by atoms with van der Waals surface area (Å²) in [5.74, 6) is 0. The predicted octanol–water partition coefficient (Wildman–Crippen LogP) is 4.26. The second-order valence-corrected chi connectivity index (χ2v) is 4.78. The molecule has 0 amide bonds. The molecule has 1 unspecified atom stereocenters. The van der Waals surface area contributed by atoms with Crippen LogP contribution < -0.4 is 0 Å². The lowest BCUT2D eigenvalue weighted by Gasteiger charge is -2.29. The summed E-state index contributed by atoms with van der Waals surface area (Å²) in [5.41, 5.74) is 1.72. The Bertz CT molecular complexity index is 459. The van der Waals surface area contributed by atoms with Crippen LogP contribution in [0.1, 0.15) is 12.0 Å². The lowest BCUT2D eigenvalue weighted by molar-refractivity contribution is -0.146. The highest BCUT2D eigenvalue weighted by Crippen LogP contribution is 2.43. The molecule has 0 saturated heterocycles. The van der Waals surface area contributed by atoms with Crippen molar-refractivity contribution in [1.29, 1.82) is 0 Å². The molecule has 0 spiro atoms. The molecule has 4 heteroatoms. The van der Waals surface area contributed by atoms with Crippen LogP contribution in [0.25, 0.3) is 5.57 Å². The van der Waals surface area contributed by atoms with Crippen LogP contribution >= 0.6 is 12.6 Å². The Balaban J connectivity index is 2.23. The Kier molecular flexibility index (Phi) is 3.08. The largest absolute Gasteiger partial charge is 0.406 e. The minimum absolute atomic E-state index is 0.139. The van der Waals surface area contributed by atoms with Crippen molar-refractivity contribution in [3.63, 3.8) is 0 Å². The maximum absolute atomic E-state index is 12.7. The first-order valence-corrected chi connectivity index (χ1v) is 5.61. The zero-order valence-electron chi connectivity index (χ0n) is 8.91. The highest BCUT2D eigenvalue weighted by molar-refractivity contribution is 7.82. The van der Waals surface area contributed by atoms with Gasteiger partial charge in [0.15, 0.2) is 0 Å². The van der Waals surface area contributed by atoms with Crippen LogP contribution in [0.4, 0.5) is 13.2 Å². The van der Waals surface area contributed by atoms with Gasteiger partial charge in [0.05, 0.1) is 0 Å². The van der Waals surface area contributed by atoms with E-state index in [4.69, 9.17) is 0 Å². The van der Waals surface area contributed by atoms with Gasteiger partial charge in [-0.2, -0.15) is 25.8 Å². The number of benzene rings is 1. The Hall–Kier alpha value is -1.16. The summed E-state index contributed by atoms with van der Waals surface area (Å²) < 4.78 is 36.1. The van der Waals surface area contributed by atoms with Crippen LogP contribution in [0.3, 0.4) is 0 Å². The summed E-state index contributed by atoms with van der Waals surface area (Å²) >= 11 is 3.73. The molecule has 0 aliphatic heterocycles. The average molecular weight is 256 g/mol. The monoisotopic (exact) mass is 256 g/mol. The van der Waals surface area contributed by atoms with Crippen LogP contribution in [0.15, 0.2) is 48.6 Å². The molecule has 17 heavy (non-hydrogen) atoms. The van der Waals surface area contributed by atoms with Gasteiger partial charge in [-0.25, -0.2) is 0 Å². The van der Waals surface area contributed by atoms with Crippen molar-refractivity contribution in [2.24, 2.45) is 0 Å². The quantitative estimate of drug-likeness (QED) is 0.713. The first-order valence-electron chi connectivity index (χ1n) is 5.16. The first-order chi connectivity index (χ1) is 7.92. The zero-order chi connectivity index (χ0) is 12.5. The molecule has 0 heterocycles. The number of hydrogen-bond donors (Lipinski definition) is 1. The van der Waals surface area contributed by atoms with Gasteiger partial charge in [-0.15, -0.1) is 0 Å². The summed E-state index contributed by atoms with van der Waals surface area (Å²) in [7, 11) is 0. The van der Waals surface area contributed by atoms with E-state index < -0.39 is 10.9 Å². The average Bonchev–Trinajstić information content (AvgIpc) is 2.30. The topological polar surface area (TPSA) is 0 Å². The van der Waals surface area contributed by atoms with Crippen molar-refractivity contribution < 1.29 is 13.2 Å². The van der Waals surface area contributed by atoms with E-state index in [-0.39, 0.29) is 6.42 Å². The molecule has 1 aromatic rings. The van der Waals surface area contributed by atoms with E-state index in [0.717, 1.165) is 17.2 Å². The fourth-order valence-corrected chi connectivity index (χ4v) is 1.85. The molecule has 1 aromatic carbocycles. The summed E-state index contributed by atoms with van der Waals surface area (Å²) in [6.07, 6.45) is -0.279. The van der Waals surface area contributed by atoms with Crippen molar-refractivity contribution in [3.05, 3.63) is 54.1 Å². The Morgan fingerprint density at radius 1 is 1.12 bits per heavy atom. The third kappa shape index (κ3) is 2.41. The van der Waals surface area contributed by atoms with Gasteiger partial charge in [-0.1, -0.05) is 48.6 Å². The molecule has 0 fully saturated rings. The van der Waals surface area contributed by atoms with Crippen LogP contribution in [-0.4, -0.2) is 10.9 Å². The van der Waals surface area contributed by atoms with Crippen molar-refractivity contribution >= 4 is 18.2 Å². The molecule has 1 aliphatic carbocycles. The van der Waals surface area contributed by atoms with Gasteiger partial charge >= 0.3 is 6.18 Å². The number of hydrogen-bond acceptors (Lipinski definition) is 1. The maximum atomic E-state index is 12.7. The normalized spacial score (nSPS) is 24.6. The first kappa shape index (κ1) is 12.3. The smallest absolute Gasteiger partial charge is 0.169 e. The molecule has 0 aromatic heterocycles. The summed E-state index contributed by atoms with van der Waals surface area (Å²) in [4.78, 5) is 0. The van der Waals surface area contributed by atoms with E-state index in [9.17, 15) is 13.2 Å². The molecule has 0 nitrogen and oxygen atoms in total. The number of alkyl halides is 3. The van der Waals surface area contributed by atoms with Crippen LogP contribution in [0, 0.1) is 0 Å². The van der Waals surface area contributed by atoms with Gasteiger partial charge in [-0.3, -0.25) is 0 Å². The minimum atomic E-state index is -4.33. The van der Waals surface area contributed by atoms with Gasteiger partial charge < -0.3 is 0 Å². The lowest BCUT2D eigenvalue weighted by atomic mass is 9.92. The summed E-state index contributed by atoms with van der Waals surface area (Å²) in [5, 5.41) is 0. The van der Waals surface area contributed by atoms with Crippen LogP contribution in [-0.2, 0) is 0 Å². The fraction of sp³-hybridized carbons (Fsp3) is 0.231. The highest BCUT2D eigenvalue weighted by Gasteiger charge is 2.50. The van der Waals surface area contributed by atoms with Crippen molar-refractivity contribution in [2.45, 2.75) is 17.3 Å². The second-order valence-electron chi connectivity index (χ2n) is 3.98. The van der Waals surface area contributed by atoms with E-state index in [2.05, 4.69) is 12.6 Å². The molecule has 0 radical (unpaired) electrons. The van der Waals surface area contributed by atoms with E-state index >= 15 is 0 Å². The molecule has 0 bridgehead atoms. The predicted molar refractivity (Wildman–Crippen MR) is 65.9 cm³/mol. The van der Waals surface area contributed by atoms with E-state index in [1.54, 1.807) is 6.08 Å². The molecule has 0 saturated carbocycles. The van der Waals surface area contributed by atoms with Gasteiger partial charge in [0.2, 0.25) is 0 Å². The number of thiol groups is 1. The van der Waals surface area contributed by atoms with Crippen LogP contribution in [0.2, 0.25) is 0 Å². The summed E-state index contributed by atoms with van der Waals surface area (Å²) in [6.45, 7) is 0. The number of halogens is 3. The molecule has 0 N–H and O–H groups in total. The molecular formula is C13H11F3S. The SMILES string of the molecule is FC(F)(F)C1(S)C=CC(c2ccccc2)=CC1. The second kappa shape index (κ2) is 4.26. The Morgan fingerprint density at radius 2 is 1.76 bits per heavy atom. The molecule has 1 aliphatic rings. The zero-order valence-corrected chi connectivity index (χ0v) is 9.80. The minimum Gasteiger partial charge on any atom is -0.169 e. The number of rotatable bonds is 1. The van der Waals surface area contributed by atoms with Gasteiger partial charge in [0.1, 0.15) is 4.75 Å². The third-order valence-corrected chi connectivity index (χ3v) is 3.35. The van der Waals surface area contributed by atoms with Gasteiger partial charge in [0, 0.05) is 0 Å². The van der Waals surface area contributed by atoms with Crippen molar-refractivity contribution in [1.82, 2.24) is 0 Å². The molecular weight excluding hydrogens is 245 g/mol. The Labute approximate surface area is 103 Å². The number of allylic oxidation sites excluding steroid dienone is 3. The third-order valence-electron chi connectivity index (χ3n) is 2.77. The molecule has 2 rings (SSSR count). The van der Waals surface area contributed by atoms with Gasteiger partial charge in [-0.05, 0) is 17.6 Å². The molecule has 1 atom stereocenters. The molecule has 90 valence electrons. The van der Waals surface area contributed by atoms with Crippen molar-refractivity contribution in [2.75, 3.05) is 0 Å². The standard InChI is InChI=1S/C13H11F3S/c14-13(15,16)12(17)8-6-11(7-9-12)10-4-2-1-3-5-10/h1-8,17H,9H2. The van der Waals surface area contributed by atoms with E-state index in [0.29, 0.717) is 0 Å². The lowest BCUT2D eigenvalue weighted by Crippen LogP contribution is -2.38. The maximum Gasteiger partial charge on any atom is 0.406 e.